The highest BCUT2D eigenvalue weighted by Gasteiger charge is 2.34. The zero-order valence-corrected chi connectivity index (χ0v) is 30.5. The number of fused-ring (bicyclic) bond motifs is 2. The summed E-state index contributed by atoms with van der Waals surface area (Å²) in [5.74, 6) is 0.593. The average molecular weight is 709 g/mol. The number of carbonyl (C=O) groups excluding carboxylic acids is 2. The maximum Gasteiger partial charge on any atom is 0.410 e. The van der Waals surface area contributed by atoms with Gasteiger partial charge in [0.05, 0.1) is 5.52 Å². The fraction of sp³-hybridized carbons (Fsp3) is 0.405. The maximum absolute atomic E-state index is 13.7. The molecule has 0 saturated carbocycles. The van der Waals surface area contributed by atoms with Crippen LogP contribution in [0.1, 0.15) is 41.5 Å². The van der Waals surface area contributed by atoms with Crippen LogP contribution in [0.15, 0.2) is 71.6 Å². The molecule has 2 aromatic carbocycles. The quantitative estimate of drug-likeness (QED) is 0.113. The van der Waals surface area contributed by atoms with Crippen molar-refractivity contribution >= 4 is 36.8 Å². The van der Waals surface area contributed by atoms with Gasteiger partial charge in [-0.3, -0.25) is 4.98 Å². The van der Waals surface area contributed by atoms with Gasteiger partial charge in [-0.1, -0.05) is 49.1 Å². The van der Waals surface area contributed by atoms with Gasteiger partial charge in [0, 0.05) is 82.0 Å². The van der Waals surface area contributed by atoms with Crippen molar-refractivity contribution in [1.82, 2.24) is 34.7 Å². The summed E-state index contributed by atoms with van der Waals surface area (Å²) in [6.07, 6.45) is 5.62. The molecule has 266 valence electrons. The third kappa shape index (κ3) is 8.12. The Balaban J connectivity index is 1.05. The molecule has 5 heterocycles. The second kappa shape index (κ2) is 14.6. The van der Waals surface area contributed by atoms with E-state index in [1.54, 1.807) is 29.4 Å². The number of piperidine rings is 1. The lowest BCUT2D eigenvalue weighted by Crippen LogP contribution is -2.51. The number of amides is 3. The number of likely N-dealkylation sites (tertiary alicyclic amines) is 1. The number of para-hydroxylation sites is 1. The molecule has 7 rings (SSSR count). The number of nitrogens with one attached hydrogen (secondary N) is 1. The standard InChI is InChI=1S/C37H44N8O5Si/c1-25-19-26(20-29-22-44(41-33(25)29)24-48-17-18-51(2,3)4)21-32(35-40-34(42-50-35)27-9-13-38-14-10-27)49-37(47)43-15-11-30(12-16-43)45-23-28-7-5-6-8-31(28)39-36(45)46/h5-10,13-14,19-20,22,30,32H,11-12,15-18,21,23-24H2,1-4H3,(H,39,46). The third-order valence-corrected chi connectivity index (χ3v) is 11.2. The number of aryl methyl sites for hydroxylation is 1. The first-order valence-electron chi connectivity index (χ1n) is 17.5. The molecule has 14 heteroatoms. The van der Waals surface area contributed by atoms with Crippen LogP contribution in [0.5, 0.6) is 0 Å². The van der Waals surface area contributed by atoms with Crippen LogP contribution in [0, 0.1) is 6.92 Å². The van der Waals surface area contributed by atoms with Gasteiger partial charge in [0.15, 0.2) is 6.10 Å². The molecule has 1 unspecified atom stereocenters. The van der Waals surface area contributed by atoms with Crippen molar-refractivity contribution in [2.24, 2.45) is 0 Å². The number of rotatable bonds is 11. The Morgan fingerprint density at radius 1 is 1.10 bits per heavy atom. The first-order chi connectivity index (χ1) is 24.6. The summed E-state index contributed by atoms with van der Waals surface area (Å²) in [6, 6.07) is 16.5. The number of anilines is 1. The molecule has 1 atom stereocenters. The summed E-state index contributed by atoms with van der Waals surface area (Å²) in [6.45, 7) is 11.6. The first-order valence-corrected chi connectivity index (χ1v) is 21.2. The third-order valence-electron chi connectivity index (χ3n) is 9.47. The van der Waals surface area contributed by atoms with Gasteiger partial charge in [-0.05, 0) is 66.8 Å². The van der Waals surface area contributed by atoms with Gasteiger partial charge in [-0.2, -0.15) is 10.1 Å². The second-order valence-electron chi connectivity index (χ2n) is 14.6. The summed E-state index contributed by atoms with van der Waals surface area (Å²) >= 11 is 0. The normalized spacial score (nSPS) is 15.9. The highest BCUT2D eigenvalue weighted by atomic mass is 28.3. The number of aromatic nitrogens is 5. The van der Waals surface area contributed by atoms with Gasteiger partial charge in [0.1, 0.15) is 6.73 Å². The topological polar surface area (TPSA) is 141 Å². The molecule has 3 amide bonds. The molecular weight excluding hydrogens is 665 g/mol. The second-order valence-corrected chi connectivity index (χ2v) is 20.2. The zero-order chi connectivity index (χ0) is 35.5. The number of hydrogen-bond donors (Lipinski definition) is 1. The number of ether oxygens (including phenoxy) is 2. The number of urea groups is 1. The van der Waals surface area contributed by atoms with Crippen molar-refractivity contribution in [3.63, 3.8) is 0 Å². The van der Waals surface area contributed by atoms with Crippen molar-refractivity contribution in [2.75, 3.05) is 25.0 Å². The van der Waals surface area contributed by atoms with E-state index in [4.69, 9.17) is 19.1 Å². The van der Waals surface area contributed by atoms with Crippen LogP contribution < -0.4 is 5.32 Å². The minimum absolute atomic E-state index is 0.0124. The van der Waals surface area contributed by atoms with Crippen LogP contribution in [0.25, 0.3) is 22.3 Å². The smallest absolute Gasteiger partial charge is 0.410 e. The summed E-state index contributed by atoms with van der Waals surface area (Å²) in [5.41, 5.74) is 5.52. The SMILES string of the molecule is Cc1cc(CC(OC(=O)N2CCC(N3Cc4ccccc4NC3=O)CC2)c2nc(-c3ccncc3)no2)cc2cn(COCC[Si](C)(C)C)nc12. The monoisotopic (exact) mass is 708 g/mol. The van der Waals surface area contributed by atoms with Gasteiger partial charge in [-0.25, -0.2) is 14.3 Å². The van der Waals surface area contributed by atoms with Crippen molar-refractivity contribution in [3.05, 3.63) is 89.7 Å². The largest absolute Gasteiger partial charge is 0.436 e. The Kier molecular flexibility index (Phi) is 9.87. The highest BCUT2D eigenvalue weighted by Crippen LogP contribution is 2.30. The molecular formula is C37H44N8O5Si. The van der Waals surface area contributed by atoms with E-state index < -0.39 is 20.3 Å². The number of hydrogen-bond acceptors (Lipinski definition) is 9. The number of nitrogens with zero attached hydrogens (tertiary/aromatic N) is 7. The Bertz CT molecular complexity index is 2000. The first kappa shape index (κ1) is 34.4. The van der Waals surface area contributed by atoms with Crippen LogP contribution in [-0.4, -0.2) is 80.6 Å². The summed E-state index contributed by atoms with van der Waals surface area (Å²) in [4.78, 5) is 38.9. The minimum atomic E-state index is -1.18. The Labute approximate surface area is 297 Å². The minimum Gasteiger partial charge on any atom is -0.436 e. The van der Waals surface area contributed by atoms with E-state index in [1.165, 1.54) is 0 Å². The van der Waals surface area contributed by atoms with E-state index in [2.05, 4.69) is 52.2 Å². The van der Waals surface area contributed by atoms with E-state index in [9.17, 15) is 9.59 Å². The molecule has 13 nitrogen and oxygen atoms in total. The molecule has 0 bridgehead atoms. The van der Waals surface area contributed by atoms with Crippen LogP contribution >= 0.6 is 0 Å². The van der Waals surface area contributed by atoms with Crippen LogP contribution in [-0.2, 0) is 29.2 Å². The van der Waals surface area contributed by atoms with Crippen molar-refractivity contribution in [3.8, 4) is 11.4 Å². The lowest BCUT2D eigenvalue weighted by atomic mass is 10.0. The highest BCUT2D eigenvalue weighted by molar-refractivity contribution is 6.76. The van der Waals surface area contributed by atoms with E-state index in [1.807, 2.05) is 47.0 Å². The van der Waals surface area contributed by atoms with Gasteiger partial charge < -0.3 is 29.1 Å². The lowest BCUT2D eigenvalue weighted by molar-refractivity contribution is 0.0358. The van der Waals surface area contributed by atoms with Gasteiger partial charge in [0.25, 0.3) is 5.89 Å². The molecule has 1 fully saturated rings. The lowest BCUT2D eigenvalue weighted by Gasteiger charge is -2.40. The molecule has 2 aliphatic rings. The van der Waals surface area contributed by atoms with Crippen molar-refractivity contribution < 1.29 is 23.6 Å². The van der Waals surface area contributed by atoms with E-state index in [0.29, 0.717) is 58.1 Å². The number of pyridine rings is 1. The van der Waals surface area contributed by atoms with E-state index >= 15 is 0 Å². The predicted octanol–water partition coefficient (Wildman–Crippen LogP) is 7.03. The molecule has 3 aromatic heterocycles. The molecule has 5 aromatic rings. The van der Waals surface area contributed by atoms with Gasteiger partial charge >= 0.3 is 12.1 Å². The van der Waals surface area contributed by atoms with Crippen molar-refractivity contribution in [1.29, 1.82) is 0 Å². The van der Waals surface area contributed by atoms with Gasteiger partial charge in [0.2, 0.25) is 5.82 Å². The summed E-state index contributed by atoms with van der Waals surface area (Å²) in [5, 5.41) is 12.9. The van der Waals surface area contributed by atoms with E-state index in [-0.39, 0.29) is 18.0 Å². The molecule has 0 aliphatic carbocycles. The van der Waals surface area contributed by atoms with Crippen LogP contribution in [0.3, 0.4) is 0 Å². The van der Waals surface area contributed by atoms with Crippen LogP contribution in [0.4, 0.5) is 15.3 Å². The fourth-order valence-corrected chi connectivity index (χ4v) is 7.37. The maximum atomic E-state index is 13.7. The molecule has 0 spiro atoms. The fourth-order valence-electron chi connectivity index (χ4n) is 6.61. The van der Waals surface area contributed by atoms with Gasteiger partial charge in [-0.15, -0.1) is 0 Å². The molecule has 1 saturated heterocycles. The Morgan fingerprint density at radius 2 is 1.88 bits per heavy atom. The Hall–Kier alpha value is -5.08. The number of carbonyl (C=O) groups is 2. The Morgan fingerprint density at radius 3 is 2.67 bits per heavy atom. The zero-order valence-electron chi connectivity index (χ0n) is 29.5. The summed E-state index contributed by atoms with van der Waals surface area (Å²) < 4.78 is 19.7. The molecule has 51 heavy (non-hydrogen) atoms. The average Bonchev–Trinajstić information content (AvgIpc) is 3.78. The predicted molar refractivity (Wildman–Crippen MR) is 195 cm³/mol. The molecule has 2 aliphatic heterocycles. The molecule has 0 radical (unpaired) electrons. The summed E-state index contributed by atoms with van der Waals surface area (Å²) in [7, 11) is -1.18. The van der Waals surface area contributed by atoms with E-state index in [0.717, 1.165) is 44.9 Å². The molecule has 1 N–H and O–H groups in total. The number of benzene rings is 2. The van der Waals surface area contributed by atoms with Crippen LogP contribution in [0.2, 0.25) is 25.7 Å². The van der Waals surface area contributed by atoms with Crippen molar-refractivity contribution in [2.45, 2.75) is 77.3 Å².